The maximum absolute atomic E-state index is 3.47. The molecule has 0 bridgehead atoms. The van der Waals surface area contributed by atoms with Crippen molar-refractivity contribution in [2.45, 2.75) is 26.8 Å². The maximum Gasteiger partial charge on any atom is 0.00756 e. The van der Waals surface area contributed by atoms with Crippen molar-refractivity contribution in [3.63, 3.8) is 0 Å². The molecule has 0 spiro atoms. The van der Waals surface area contributed by atoms with E-state index < -0.39 is 0 Å². The highest BCUT2D eigenvalue weighted by Crippen LogP contribution is 2.62. The maximum atomic E-state index is 3.47. The number of piperidine rings is 1. The largest absolute Gasteiger partial charge is 0.314 e. The molecule has 0 aromatic rings. The van der Waals surface area contributed by atoms with Crippen molar-refractivity contribution in [3.8, 4) is 0 Å². The van der Waals surface area contributed by atoms with Crippen molar-refractivity contribution >= 4 is 0 Å². The lowest BCUT2D eigenvalue weighted by molar-refractivity contribution is 0.418. The zero-order chi connectivity index (χ0) is 6.65. The highest BCUT2D eigenvalue weighted by atomic mass is 15.0. The molecule has 2 rings (SSSR count). The molecule has 52 valence electrons. The predicted molar refractivity (Wildman–Crippen MR) is 38.2 cm³/mol. The van der Waals surface area contributed by atoms with Crippen molar-refractivity contribution in [1.82, 2.24) is 5.32 Å². The van der Waals surface area contributed by atoms with Crippen LogP contribution >= 0.6 is 0 Å². The summed E-state index contributed by atoms with van der Waals surface area (Å²) in [4.78, 5) is 0. The molecule has 2 aliphatic rings. The molecule has 1 saturated heterocycles. The Bertz CT molecular complexity index is 140. The average Bonchev–Trinajstić information content (AvgIpc) is 2.19. The fourth-order valence-corrected chi connectivity index (χ4v) is 2.61. The zero-order valence-corrected chi connectivity index (χ0v) is 6.44. The molecule has 0 radical (unpaired) electrons. The topological polar surface area (TPSA) is 12.0 Å². The molecule has 1 aliphatic heterocycles. The van der Waals surface area contributed by atoms with Crippen LogP contribution in [0.1, 0.15) is 20.8 Å². The standard InChI is InChI=1S/C8H15N/c1-5-7-6(4-9-5)8(7,2)3/h5-7,9H,4H2,1-3H3/t5-,6-,7+/m1/s1. The summed E-state index contributed by atoms with van der Waals surface area (Å²) in [5, 5.41) is 3.47. The molecule has 1 N–H and O–H groups in total. The summed E-state index contributed by atoms with van der Waals surface area (Å²) >= 11 is 0. The van der Waals surface area contributed by atoms with Gasteiger partial charge in [0, 0.05) is 6.04 Å². The first-order valence-electron chi connectivity index (χ1n) is 3.87. The van der Waals surface area contributed by atoms with Gasteiger partial charge in [-0.1, -0.05) is 13.8 Å². The van der Waals surface area contributed by atoms with Crippen LogP contribution < -0.4 is 5.32 Å². The normalized spacial score (nSPS) is 53.0. The van der Waals surface area contributed by atoms with E-state index in [0.717, 1.165) is 17.9 Å². The third-order valence-electron chi connectivity index (χ3n) is 3.34. The van der Waals surface area contributed by atoms with Gasteiger partial charge < -0.3 is 5.32 Å². The minimum atomic E-state index is 0.671. The van der Waals surface area contributed by atoms with E-state index in [1.807, 2.05) is 0 Å². The smallest absolute Gasteiger partial charge is 0.00756 e. The van der Waals surface area contributed by atoms with Gasteiger partial charge in [-0.3, -0.25) is 0 Å². The van der Waals surface area contributed by atoms with Gasteiger partial charge >= 0.3 is 0 Å². The van der Waals surface area contributed by atoms with Gasteiger partial charge in [-0.25, -0.2) is 0 Å². The van der Waals surface area contributed by atoms with E-state index in [2.05, 4.69) is 26.1 Å². The van der Waals surface area contributed by atoms with E-state index in [9.17, 15) is 0 Å². The molecule has 1 saturated carbocycles. The number of rotatable bonds is 0. The zero-order valence-electron chi connectivity index (χ0n) is 6.44. The highest BCUT2D eigenvalue weighted by molar-refractivity contribution is 5.13. The minimum Gasteiger partial charge on any atom is -0.314 e. The van der Waals surface area contributed by atoms with E-state index in [0.29, 0.717) is 5.41 Å². The fourth-order valence-electron chi connectivity index (χ4n) is 2.61. The number of hydrogen-bond acceptors (Lipinski definition) is 1. The Kier molecular flexibility index (Phi) is 0.852. The summed E-state index contributed by atoms with van der Waals surface area (Å²) in [5.41, 5.74) is 0.671. The quantitative estimate of drug-likeness (QED) is 0.514. The summed E-state index contributed by atoms with van der Waals surface area (Å²) in [6.07, 6.45) is 0. The van der Waals surface area contributed by atoms with Gasteiger partial charge in [0.2, 0.25) is 0 Å². The fraction of sp³-hybridized carbons (Fsp3) is 1.00. The summed E-state index contributed by atoms with van der Waals surface area (Å²) < 4.78 is 0. The summed E-state index contributed by atoms with van der Waals surface area (Å²) in [6, 6.07) is 0.782. The Balaban J connectivity index is 2.14. The molecule has 3 atom stereocenters. The van der Waals surface area contributed by atoms with Crippen molar-refractivity contribution < 1.29 is 0 Å². The molecule has 0 aromatic carbocycles. The Morgan fingerprint density at radius 3 is 2.33 bits per heavy atom. The van der Waals surface area contributed by atoms with Crippen molar-refractivity contribution in [1.29, 1.82) is 0 Å². The van der Waals surface area contributed by atoms with Crippen LogP contribution in [0.25, 0.3) is 0 Å². The monoisotopic (exact) mass is 125 g/mol. The third-order valence-corrected chi connectivity index (χ3v) is 3.34. The average molecular weight is 125 g/mol. The molecule has 1 aliphatic carbocycles. The van der Waals surface area contributed by atoms with Gasteiger partial charge in [-0.15, -0.1) is 0 Å². The second kappa shape index (κ2) is 1.34. The van der Waals surface area contributed by atoms with Crippen LogP contribution in [0.2, 0.25) is 0 Å². The lowest BCUT2D eigenvalue weighted by Gasteiger charge is -2.13. The van der Waals surface area contributed by atoms with E-state index in [-0.39, 0.29) is 0 Å². The molecule has 1 heteroatoms. The highest BCUT2D eigenvalue weighted by Gasteiger charge is 2.62. The van der Waals surface area contributed by atoms with Gasteiger partial charge in [0.1, 0.15) is 0 Å². The summed E-state index contributed by atoms with van der Waals surface area (Å²) in [6.45, 7) is 8.34. The number of fused-ring (bicyclic) bond motifs is 1. The van der Waals surface area contributed by atoms with Gasteiger partial charge in [0.15, 0.2) is 0 Å². The first-order valence-corrected chi connectivity index (χ1v) is 3.87. The van der Waals surface area contributed by atoms with Gasteiger partial charge in [-0.2, -0.15) is 0 Å². The number of hydrogen-bond donors (Lipinski definition) is 1. The van der Waals surface area contributed by atoms with E-state index >= 15 is 0 Å². The molecule has 2 fully saturated rings. The second-order valence-corrected chi connectivity index (χ2v) is 4.15. The van der Waals surface area contributed by atoms with Gasteiger partial charge in [0.25, 0.3) is 0 Å². The van der Waals surface area contributed by atoms with Crippen LogP contribution in [0.5, 0.6) is 0 Å². The molecule has 0 aromatic heterocycles. The summed E-state index contributed by atoms with van der Waals surface area (Å²) in [5.74, 6) is 1.98. The first kappa shape index (κ1) is 5.72. The van der Waals surface area contributed by atoms with Crippen LogP contribution in [0, 0.1) is 17.3 Å². The second-order valence-electron chi connectivity index (χ2n) is 4.15. The Morgan fingerprint density at radius 1 is 1.44 bits per heavy atom. The summed E-state index contributed by atoms with van der Waals surface area (Å²) in [7, 11) is 0. The third kappa shape index (κ3) is 0.536. The van der Waals surface area contributed by atoms with Crippen LogP contribution in [0.3, 0.4) is 0 Å². The number of nitrogens with one attached hydrogen (secondary N) is 1. The molecular weight excluding hydrogens is 110 g/mol. The SMILES string of the molecule is C[C@H]1NC[C@@H]2[C@H]1C2(C)C. The van der Waals surface area contributed by atoms with Gasteiger partial charge in [0.05, 0.1) is 0 Å². The Hall–Kier alpha value is -0.0400. The van der Waals surface area contributed by atoms with Crippen molar-refractivity contribution in [2.24, 2.45) is 17.3 Å². The lowest BCUT2D eigenvalue weighted by atomic mass is 10.0. The molecule has 0 amide bonds. The van der Waals surface area contributed by atoms with E-state index in [1.54, 1.807) is 0 Å². The molecule has 1 nitrogen and oxygen atoms in total. The van der Waals surface area contributed by atoms with Crippen LogP contribution in [0.15, 0.2) is 0 Å². The molecule has 9 heavy (non-hydrogen) atoms. The molecular formula is C8H15N. The van der Waals surface area contributed by atoms with Crippen molar-refractivity contribution in [3.05, 3.63) is 0 Å². The molecule has 1 heterocycles. The van der Waals surface area contributed by atoms with Crippen LogP contribution in [0.4, 0.5) is 0 Å². The predicted octanol–water partition coefficient (Wildman–Crippen LogP) is 1.25. The lowest BCUT2D eigenvalue weighted by Crippen LogP contribution is -2.27. The van der Waals surface area contributed by atoms with E-state index in [4.69, 9.17) is 0 Å². The Morgan fingerprint density at radius 2 is 2.11 bits per heavy atom. The molecule has 0 unspecified atom stereocenters. The van der Waals surface area contributed by atoms with Crippen LogP contribution in [-0.2, 0) is 0 Å². The minimum absolute atomic E-state index is 0.671. The Labute approximate surface area is 56.8 Å². The van der Waals surface area contributed by atoms with E-state index in [1.165, 1.54) is 6.54 Å². The van der Waals surface area contributed by atoms with Crippen LogP contribution in [-0.4, -0.2) is 12.6 Å². The van der Waals surface area contributed by atoms with Crippen molar-refractivity contribution in [2.75, 3.05) is 6.54 Å². The first-order chi connectivity index (χ1) is 4.14. The van der Waals surface area contributed by atoms with Gasteiger partial charge in [-0.05, 0) is 30.7 Å².